The van der Waals surface area contributed by atoms with Gasteiger partial charge in [-0.05, 0) is 44.0 Å². The number of hydrogen-bond donors (Lipinski definition) is 0. The van der Waals surface area contributed by atoms with Crippen LogP contribution in [0, 0.1) is 0 Å². The van der Waals surface area contributed by atoms with Crippen LogP contribution in [0.3, 0.4) is 0 Å². The minimum Gasteiger partial charge on any atom is -0.481 e. The highest BCUT2D eigenvalue weighted by Gasteiger charge is 2.31. The average Bonchev–Trinajstić information content (AvgIpc) is 2.74. The maximum atomic E-state index is 12.7. The summed E-state index contributed by atoms with van der Waals surface area (Å²) in [6.45, 7) is 8.58. The molecule has 1 aromatic rings. The Hall–Kier alpha value is -1.83. The number of halogens is 1. The van der Waals surface area contributed by atoms with E-state index >= 15 is 0 Å². The van der Waals surface area contributed by atoms with Gasteiger partial charge in [0.2, 0.25) is 5.91 Å². The highest BCUT2D eigenvalue weighted by molar-refractivity contribution is 6.30. The van der Waals surface area contributed by atoms with Gasteiger partial charge in [-0.3, -0.25) is 19.4 Å². The van der Waals surface area contributed by atoms with Crippen molar-refractivity contribution in [2.45, 2.75) is 38.3 Å². The molecule has 1 atom stereocenters. The number of nitrogens with zero attached hydrogens (tertiary/aromatic N) is 4. The number of ether oxygens (including phenoxy) is 1. The Morgan fingerprint density at radius 1 is 0.968 bits per heavy atom. The van der Waals surface area contributed by atoms with Gasteiger partial charge < -0.3 is 14.5 Å². The molecule has 4 rings (SSSR count). The number of amides is 2. The Morgan fingerprint density at radius 2 is 1.58 bits per heavy atom. The molecule has 2 amide bonds. The molecule has 0 N–H and O–H groups in total. The van der Waals surface area contributed by atoms with Crippen LogP contribution >= 0.6 is 11.6 Å². The van der Waals surface area contributed by atoms with E-state index in [1.54, 1.807) is 31.2 Å². The molecule has 2 aliphatic heterocycles. The molecular weight excluding hydrogens is 416 g/mol. The summed E-state index contributed by atoms with van der Waals surface area (Å²) >= 11 is 5.89. The summed E-state index contributed by atoms with van der Waals surface area (Å²) in [5, 5.41) is 0.636. The zero-order valence-electron chi connectivity index (χ0n) is 18.3. The summed E-state index contributed by atoms with van der Waals surface area (Å²) in [5.41, 5.74) is 0. The van der Waals surface area contributed by atoms with Crippen molar-refractivity contribution in [3.05, 3.63) is 29.3 Å². The van der Waals surface area contributed by atoms with Crippen LogP contribution in [0.1, 0.15) is 26.2 Å². The molecule has 8 heteroatoms. The summed E-state index contributed by atoms with van der Waals surface area (Å²) < 4.78 is 5.76. The van der Waals surface area contributed by atoms with E-state index in [-0.39, 0.29) is 11.8 Å². The lowest BCUT2D eigenvalue weighted by molar-refractivity contribution is -0.140. The molecule has 170 valence electrons. The molecule has 0 aromatic heterocycles. The Labute approximate surface area is 189 Å². The number of benzene rings is 1. The zero-order chi connectivity index (χ0) is 21.8. The van der Waals surface area contributed by atoms with Crippen molar-refractivity contribution < 1.29 is 14.3 Å². The van der Waals surface area contributed by atoms with E-state index in [2.05, 4.69) is 9.80 Å². The Morgan fingerprint density at radius 3 is 2.16 bits per heavy atom. The van der Waals surface area contributed by atoms with E-state index in [4.69, 9.17) is 16.3 Å². The standard InChI is InChI=1S/C23H33ClN4O3/c1-18(31-21-7-5-19(24)6-8-21)23(30)28-11-9-25(10-12-28)17-22(29)27-15-13-26(14-16-27)20-3-2-4-20/h5-8,18,20H,2-4,9-17H2,1H3. The highest BCUT2D eigenvalue weighted by atomic mass is 35.5. The van der Waals surface area contributed by atoms with Crippen molar-refractivity contribution in [2.24, 2.45) is 0 Å². The number of carbonyl (C=O) groups excluding carboxylic acids is 2. The monoisotopic (exact) mass is 448 g/mol. The van der Waals surface area contributed by atoms with E-state index in [1.807, 2.05) is 9.80 Å². The van der Waals surface area contributed by atoms with Crippen LogP contribution in [0.4, 0.5) is 0 Å². The second-order valence-corrected chi connectivity index (χ2v) is 9.25. The molecule has 1 saturated carbocycles. The van der Waals surface area contributed by atoms with Gasteiger partial charge in [0.25, 0.3) is 5.91 Å². The van der Waals surface area contributed by atoms with E-state index in [0.29, 0.717) is 43.5 Å². The minimum absolute atomic E-state index is 0.0203. The SMILES string of the molecule is CC(Oc1ccc(Cl)cc1)C(=O)N1CCN(CC(=O)N2CCN(C3CCC3)CC2)CC1. The summed E-state index contributed by atoms with van der Waals surface area (Å²) in [6.07, 6.45) is 3.44. The van der Waals surface area contributed by atoms with Crippen molar-refractivity contribution in [2.75, 3.05) is 58.9 Å². The molecule has 7 nitrogen and oxygen atoms in total. The fourth-order valence-corrected chi connectivity index (χ4v) is 4.66. The maximum Gasteiger partial charge on any atom is 0.263 e. The van der Waals surface area contributed by atoms with Crippen LogP contribution in [0.15, 0.2) is 24.3 Å². The number of piperazine rings is 2. The third-order valence-electron chi connectivity index (χ3n) is 6.78. The third-order valence-corrected chi connectivity index (χ3v) is 7.03. The predicted octanol–water partition coefficient (Wildman–Crippen LogP) is 1.95. The molecule has 0 spiro atoms. The van der Waals surface area contributed by atoms with Gasteiger partial charge >= 0.3 is 0 Å². The van der Waals surface area contributed by atoms with Crippen LogP contribution in [0.25, 0.3) is 0 Å². The Bertz CT molecular complexity index is 755. The molecular formula is C23H33ClN4O3. The van der Waals surface area contributed by atoms with E-state index in [9.17, 15) is 9.59 Å². The van der Waals surface area contributed by atoms with Gasteiger partial charge in [0.15, 0.2) is 6.10 Å². The first-order valence-electron chi connectivity index (χ1n) is 11.4. The van der Waals surface area contributed by atoms with Gasteiger partial charge in [-0.25, -0.2) is 0 Å². The van der Waals surface area contributed by atoms with Gasteiger partial charge in [0, 0.05) is 63.4 Å². The zero-order valence-corrected chi connectivity index (χ0v) is 19.1. The summed E-state index contributed by atoms with van der Waals surface area (Å²) in [5.74, 6) is 0.826. The topological polar surface area (TPSA) is 56.3 Å². The van der Waals surface area contributed by atoms with Gasteiger partial charge in [-0.1, -0.05) is 18.0 Å². The molecule has 1 aromatic carbocycles. The van der Waals surface area contributed by atoms with E-state index < -0.39 is 6.10 Å². The molecule has 0 radical (unpaired) electrons. The molecule has 0 bridgehead atoms. The number of rotatable bonds is 6. The van der Waals surface area contributed by atoms with Crippen molar-refractivity contribution in [1.29, 1.82) is 0 Å². The summed E-state index contributed by atoms with van der Waals surface area (Å²) in [7, 11) is 0. The van der Waals surface area contributed by atoms with Crippen LogP contribution in [0.5, 0.6) is 5.75 Å². The van der Waals surface area contributed by atoms with E-state index in [1.165, 1.54) is 19.3 Å². The lowest BCUT2D eigenvalue weighted by Crippen LogP contribution is -2.57. The molecule has 2 saturated heterocycles. The van der Waals surface area contributed by atoms with Crippen LogP contribution in [0.2, 0.25) is 5.02 Å². The summed E-state index contributed by atoms with van der Waals surface area (Å²) in [4.78, 5) is 34.0. The Balaban J connectivity index is 1.17. The van der Waals surface area contributed by atoms with Gasteiger partial charge in [-0.2, -0.15) is 0 Å². The minimum atomic E-state index is -0.554. The first-order valence-corrected chi connectivity index (χ1v) is 11.8. The van der Waals surface area contributed by atoms with E-state index in [0.717, 1.165) is 32.2 Å². The number of hydrogen-bond acceptors (Lipinski definition) is 5. The van der Waals surface area contributed by atoms with Crippen LogP contribution in [-0.4, -0.2) is 102 Å². The van der Waals surface area contributed by atoms with Gasteiger partial charge in [-0.15, -0.1) is 0 Å². The molecule has 31 heavy (non-hydrogen) atoms. The second kappa shape index (κ2) is 10.2. The Kier molecular flexibility index (Phi) is 7.35. The molecule has 3 aliphatic rings. The molecule has 2 heterocycles. The molecule has 1 unspecified atom stereocenters. The largest absolute Gasteiger partial charge is 0.481 e. The van der Waals surface area contributed by atoms with Crippen molar-refractivity contribution >= 4 is 23.4 Å². The fraction of sp³-hybridized carbons (Fsp3) is 0.652. The second-order valence-electron chi connectivity index (χ2n) is 8.82. The molecule has 3 fully saturated rings. The fourth-order valence-electron chi connectivity index (χ4n) is 4.53. The van der Waals surface area contributed by atoms with Crippen molar-refractivity contribution in [3.63, 3.8) is 0 Å². The van der Waals surface area contributed by atoms with Gasteiger partial charge in [0.05, 0.1) is 6.54 Å². The normalized spacial score (nSPS) is 22.1. The predicted molar refractivity (Wildman–Crippen MR) is 120 cm³/mol. The average molecular weight is 449 g/mol. The first kappa shape index (κ1) is 22.4. The van der Waals surface area contributed by atoms with Crippen molar-refractivity contribution in [3.8, 4) is 5.75 Å². The van der Waals surface area contributed by atoms with Crippen LogP contribution in [-0.2, 0) is 9.59 Å². The quantitative estimate of drug-likeness (QED) is 0.665. The smallest absolute Gasteiger partial charge is 0.263 e. The van der Waals surface area contributed by atoms with Crippen LogP contribution < -0.4 is 4.74 Å². The lowest BCUT2D eigenvalue weighted by Gasteiger charge is -2.43. The highest BCUT2D eigenvalue weighted by Crippen LogP contribution is 2.25. The number of carbonyl (C=O) groups is 2. The maximum absolute atomic E-state index is 12.7. The third kappa shape index (κ3) is 5.70. The van der Waals surface area contributed by atoms with Gasteiger partial charge in [0.1, 0.15) is 5.75 Å². The lowest BCUT2D eigenvalue weighted by atomic mass is 9.91. The first-order chi connectivity index (χ1) is 15.0. The van der Waals surface area contributed by atoms with Crippen molar-refractivity contribution in [1.82, 2.24) is 19.6 Å². The summed E-state index contributed by atoms with van der Waals surface area (Å²) in [6, 6.07) is 7.78. The molecule has 1 aliphatic carbocycles.